The van der Waals surface area contributed by atoms with Crippen LogP contribution in [0.1, 0.15) is 45.4 Å². The number of carbonyl (C=O) groups is 3. The molecule has 1 unspecified atom stereocenters. The summed E-state index contributed by atoms with van der Waals surface area (Å²) in [7, 11) is 0. The summed E-state index contributed by atoms with van der Waals surface area (Å²) in [5.41, 5.74) is 5.30. The van der Waals surface area contributed by atoms with E-state index in [9.17, 15) is 14.4 Å². The van der Waals surface area contributed by atoms with Crippen LogP contribution in [0.5, 0.6) is 0 Å². The van der Waals surface area contributed by atoms with Crippen LogP contribution in [-0.4, -0.2) is 68.3 Å². The third-order valence-electron chi connectivity index (χ3n) is 3.50. The van der Waals surface area contributed by atoms with Crippen LogP contribution in [0.2, 0.25) is 0 Å². The molecule has 0 aromatic heterocycles. The fourth-order valence-corrected chi connectivity index (χ4v) is 2.17. The molecule has 0 aromatic rings. The summed E-state index contributed by atoms with van der Waals surface area (Å²) < 4.78 is 5.27. The van der Waals surface area contributed by atoms with Crippen LogP contribution in [0.3, 0.4) is 0 Å². The van der Waals surface area contributed by atoms with E-state index in [1.807, 2.05) is 6.92 Å². The van der Waals surface area contributed by atoms with Crippen LogP contribution in [0, 0.1) is 0 Å². The van der Waals surface area contributed by atoms with Gasteiger partial charge >= 0.3 is 0 Å². The van der Waals surface area contributed by atoms with Gasteiger partial charge in [-0.3, -0.25) is 14.4 Å². The number of nitrogens with two attached hydrogens (primary N) is 1. The molecule has 0 rings (SSSR count). The van der Waals surface area contributed by atoms with Gasteiger partial charge in [0.2, 0.25) is 17.7 Å². The predicted octanol–water partition coefficient (Wildman–Crippen LogP) is -0.968. The van der Waals surface area contributed by atoms with Gasteiger partial charge in [0.05, 0.1) is 13.2 Å². The van der Waals surface area contributed by atoms with Crippen LogP contribution in [0.15, 0.2) is 0 Å². The maximum atomic E-state index is 12.1. The first-order valence-corrected chi connectivity index (χ1v) is 9.27. The Kier molecular flexibility index (Phi) is 15.6. The second-order valence-electron chi connectivity index (χ2n) is 5.88. The lowest BCUT2D eigenvalue weighted by Gasteiger charge is -2.18. The van der Waals surface area contributed by atoms with Gasteiger partial charge in [0.1, 0.15) is 6.04 Å². The monoisotopic (exact) mass is 374 g/mol. The standard InChI is InChI=1S/C17H34N4O5/c1-2-12-26-13-7-16(24)21-14(17(25)20-10-11-22)5-3-4-9-19-15(23)6-8-18/h14,22H,2-13,18H2,1H3,(H,19,23)(H,20,25)(H,21,24). The number of ether oxygens (including phenoxy) is 1. The molecule has 1 atom stereocenters. The molecule has 0 radical (unpaired) electrons. The summed E-state index contributed by atoms with van der Waals surface area (Å²) in [5, 5.41) is 16.8. The molecule has 0 heterocycles. The average Bonchev–Trinajstić information content (AvgIpc) is 2.62. The molecule has 3 amide bonds. The van der Waals surface area contributed by atoms with Crippen molar-refractivity contribution < 1.29 is 24.2 Å². The SMILES string of the molecule is CCCOCCC(=O)NC(CCCCNC(=O)CCN)C(=O)NCCO. The molecule has 6 N–H and O–H groups in total. The maximum absolute atomic E-state index is 12.1. The lowest BCUT2D eigenvalue weighted by molar-refractivity contribution is -0.129. The Hall–Kier alpha value is -1.71. The van der Waals surface area contributed by atoms with Crippen molar-refractivity contribution in [1.29, 1.82) is 0 Å². The Morgan fingerprint density at radius 3 is 2.46 bits per heavy atom. The molecular weight excluding hydrogens is 340 g/mol. The number of amides is 3. The van der Waals surface area contributed by atoms with E-state index in [0.29, 0.717) is 52.0 Å². The highest BCUT2D eigenvalue weighted by Gasteiger charge is 2.19. The Labute approximate surface area is 155 Å². The van der Waals surface area contributed by atoms with Gasteiger partial charge < -0.3 is 31.5 Å². The van der Waals surface area contributed by atoms with Gasteiger partial charge in [0, 0.05) is 39.1 Å². The zero-order valence-corrected chi connectivity index (χ0v) is 15.7. The second-order valence-corrected chi connectivity index (χ2v) is 5.88. The fraction of sp³-hybridized carbons (Fsp3) is 0.824. The average molecular weight is 374 g/mol. The number of unbranched alkanes of at least 4 members (excludes halogenated alkanes) is 1. The third-order valence-corrected chi connectivity index (χ3v) is 3.50. The first-order chi connectivity index (χ1) is 12.5. The Balaban J connectivity index is 4.23. The van der Waals surface area contributed by atoms with Crippen molar-refractivity contribution in [2.24, 2.45) is 5.73 Å². The molecule has 0 aliphatic carbocycles. The number of aliphatic hydroxyl groups excluding tert-OH is 1. The summed E-state index contributed by atoms with van der Waals surface area (Å²) in [6.07, 6.45) is 3.17. The Morgan fingerprint density at radius 2 is 1.81 bits per heavy atom. The minimum atomic E-state index is -0.667. The summed E-state index contributed by atoms with van der Waals surface area (Å²) in [4.78, 5) is 35.4. The molecule has 0 aromatic carbocycles. The van der Waals surface area contributed by atoms with E-state index in [2.05, 4.69) is 16.0 Å². The van der Waals surface area contributed by atoms with Gasteiger partial charge in [0.15, 0.2) is 0 Å². The van der Waals surface area contributed by atoms with Crippen molar-refractivity contribution >= 4 is 17.7 Å². The van der Waals surface area contributed by atoms with Gasteiger partial charge in [-0.2, -0.15) is 0 Å². The largest absolute Gasteiger partial charge is 0.395 e. The van der Waals surface area contributed by atoms with Crippen LogP contribution in [0.4, 0.5) is 0 Å². The molecule has 0 fully saturated rings. The minimum Gasteiger partial charge on any atom is -0.395 e. The Bertz CT molecular complexity index is 407. The molecule has 0 aliphatic rings. The van der Waals surface area contributed by atoms with Gasteiger partial charge in [-0.15, -0.1) is 0 Å². The number of carbonyl (C=O) groups excluding carboxylic acids is 3. The molecule has 0 aliphatic heterocycles. The fourth-order valence-electron chi connectivity index (χ4n) is 2.17. The lowest BCUT2D eigenvalue weighted by Crippen LogP contribution is -2.47. The molecule has 0 spiro atoms. The first kappa shape index (κ1) is 24.3. The molecule has 9 nitrogen and oxygen atoms in total. The predicted molar refractivity (Wildman–Crippen MR) is 98.3 cm³/mol. The van der Waals surface area contributed by atoms with Gasteiger partial charge in [0.25, 0.3) is 0 Å². The van der Waals surface area contributed by atoms with Crippen molar-refractivity contribution in [3.63, 3.8) is 0 Å². The molecule has 0 saturated heterocycles. The van der Waals surface area contributed by atoms with Gasteiger partial charge in [-0.05, 0) is 25.7 Å². The molecular formula is C17H34N4O5. The summed E-state index contributed by atoms with van der Waals surface area (Å²) in [6, 6.07) is -0.667. The Morgan fingerprint density at radius 1 is 1.04 bits per heavy atom. The smallest absolute Gasteiger partial charge is 0.242 e. The normalized spacial score (nSPS) is 11.7. The highest BCUT2D eigenvalue weighted by molar-refractivity contribution is 5.87. The van der Waals surface area contributed by atoms with Crippen molar-refractivity contribution in [2.45, 2.75) is 51.5 Å². The zero-order valence-electron chi connectivity index (χ0n) is 15.7. The van der Waals surface area contributed by atoms with E-state index in [0.717, 1.165) is 6.42 Å². The maximum Gasteiger partial charge on any atom is 0.242 e. The summed E-state index contributed by atoms with van der Waals surface area (Å²) >= 11 is 0. The summed E-state index contributed by atoms with van der Waals surface area (Å²) in [5.74, 6) is -0.666. The first-order valence-electron chi connectivity index (χ1n) is 9.27. The van der Waals surface area contributed by atoms with E-state index in [-0.39, 0.29) is 37.3 Å². The van der Waals surface area contributed by atoms with E-state index < -0.39 is 6.04 Å². The number of rotatable bonds is 16. The molecule has 26 heavy (non-hydrogen) atoms. The number of hydrogen-bond donors (Lipinski definition) is 5. The van der Waals surface area contributed by atoms with Crippen LogP contribution < -0.4 is 21.7 Å². The van der Waals surface area contributed by atoms with Gasteiger partial charge in [-0.1, -0.05) is 6.92 Å². The highest BCUT2D eigenvalue weighted by Crippen LogP contribution is 2.02. The van der Waals surface area contributed by atoms with Crippen molar-refractivity contribution in [1.82, 2.24) is 16.0 Å². The van der Waals surface area contributed by atoms with E-state index in [1.54, 1.807) is 0 Å². The highest BCUT2D eigenvalue weighted by atomic mass is 16.5. The van der Waals surface area contributed by atoms with Crippen molar-refractivity contribution in [2.75, 3.05) is 39.5 Å². The minimum absolute atomic E-state index is 0.0925. The topological polar surface area (TPSA) is 143 Å². The van der Waals surface area contributed by atoms with E-state index >= 15 is 0 Å². The van der Waals surface area contributed by atoms with E-state index in [1.165, 1.54) is 0 Å². The van der Waals surface area contributed by atoms with Crippen LogP contribution >= 0.6 is 0 Å². The van der Waals surface area contributed by atoms with Gasteiger partial charge in [-0.25, -0.2) is 0 Å². The molecule has 0 saturated carbocycles. The number of aliphatic hydroxyl groups is 1. The number of hydrogen-bond acceptors (Lipinski definition) is 6. The number of nitrogens with one attached hydrogen (secondary N) is 3. The second kappa shape index (κ2) is 16.7. The summed E-state index contributed by atoms with van der Waals surface area (Å²) in [6.45, 7) is 3.70. The van der Waals surface area contributed by atoms with E-state index in [4.69, 9.17) is 15.6 Å². The molecule has 0 bridgehead atoms. The third kappa shape index (κ3) is 13.6. The molecule has 152 valence electrons. The van der Waals surface area contributed by atoms with Crippen LogP contribution in [-0.2, 0) is 19.1 Å². The van der Waals surface area contributed by atoms with Crippen molar-refractivity contribution in [3.8, 4) is 0 Å². The quantitative estimate of drug-likeness (QED) is 0.220. The van der Waals surface area contributed by atoms with Crippen LogP contribution in [0.25, 0.3) is 0 Å². The zero-order chi connectivity index (χ0) is 19.6. The molecule has 9 heteroatoms. The lowest BCUT2D eigenvalue weighted by atomic mass is 10.1. The van der Waals surface area contributed by atoms with Crippen molar-refractivity contribution in [3.05, 3.63) is 0 Å².